The molecule has 0 radical (unpaired) electrons. The number of benzene rings is 2. The van der Waals surface area contributed by atoms with Crippen molar-refractivity contribution in [3.05, 3.63) is 54.1 Å². The number of methoxy groups -OCH3 is 1. The average molecular weight is 428 g/mol. The maximum absolute atomic E-state index is 13.4. The fraction of sp³-hybridized carbons (Fsp3) is 0.364. The van der Waals surface area contributed by atoms with E-state index in [1.807, 2.05) is 31.2 Å². The molecule has 2 aromatic carbocycles. The normalized spacial score (nSPS) is 20.2. The molecule has 1 saturated carbocycles. The summed E-state index contributed by atoms with van der Waals surface area (Å²) < 4.78 is 32.4. The monoisotopic (exact) mass is 427 g/mol. The predicted octanol–water partition coefficient (Wildman–Crippen LogP) is 2.95. The van der Waals surface area contributed by atoms with E-state index in [-0.39, 0.29) is 22.7 Å². The van der Waals surface area contributed by atoms with E-state index in [4.69, 9.17) is 4.74 Å². The van der Waals surface area contributed by atoms with Crippen LogP contribution in [0.4, 0.5) is 5.69 Å². The van der Waals surface area contributed by atoms with Gasteiger partial charge in [0, 0.05) is 17.3 Å². The van der Waals surface area contributed by atoms with Crippen molar-refractivity contribution in [3.63, 3.8) is 0 Å². The molecule has 0 bridgehead atoms. The molecule has 2 aromatic rings. The summed E-state index contributed by atoms with van der Waals surface area (Å²) in [5.74, 6) is 1.22. The Kier molecular flexibility index (Phi) is 5.27. The lowest BCUT2D eigenvalue weighted by Gasteiger charge is -2.31. The maximum Gasteiger partial charge on any atom is 0.263 e. The van der Waals surface area contributed by atoms with Gasteiger partial charge < -0.3 is 9.64 Å². The topological polar surface area (TPSA) is 88.1 Å². The SMILES string of the molecule is COc1ccc(N(C(=O)[C@H](C)N=C2NS(=O)(=O)c3ccccc32)C(C)C2CC2)cc1. The maximum atomic E-state index is 13.4. The van der Waals surface area contributed by atoms with Crippen molar-refractivity contribution in [2.45, 2.75) is 43.7 Å². The third kappa shape index (κ3) is 3.79. The third-order valence-electron chi connectivity index (χ3n) is 5.64. The first-order valence-corrected chi connectivity index (χ1v) is 11.5. The number of carbonyl (C=O) groups is 1. The number of sulfonamides is 1. The van der Waals surface area contributed by atoms with E-state index >= 15 is 0 Å². The zero-order valence-corrected chi connectivity index (χ0v) is 18.0. The van der Waals surface area contributed by atoms with E-state index in [0.29, 0.717) is 11.5 Å². The highest BCUT2D eigenvalue weighted by molar-refractivity contribution is 7.90. The molecule has 1 amide bonds. The molecule has 30 heavy (non-hydrogen) atoms. The molecular formula is C22H25N3O4S. The second kappa shape index (κ2) is 7.75. The molecule has 1 unspecified atom stereocenters. The summed E-state index contributed by atoms with van der Waals surface area (Å²) in [6.45, 7) is 3.74. The van der Waals surface area contributed by atoms with Crippen molar-refractivity contribution >= 4 is 27.5 Å². The number of nitrogens with zero attached hydrogens (tertiary/aromatic N) is 2. The second-order valence-electron chi connectivity index (χ2n) is 7.74. The fourth-order valence-corrected chi connectivity index (χ4v) is 5.01. The van der Waals surface area contributed by atoms with Gasteiger partial charge in [0.2, 0.25) is 0 Å². The Balaban J connectivity index is 1.65. The number of rotatable bonds is 6. The molecule has 1 aliphatic heterocycles. The highest BCUT2D eigenvalue weighted by atomic mass is 32.2. The van der Waals surface area contributed by atoms with Gasteiger partial charge in [-0.2, -0.15) is 0 Å². The number of ether oxygens (including phenoxy) is 1. The first kappa shape index (κ1) is 20.4. The first-order valence-electron chi connectivity index (χ1n) is 9.99. The van der Waals surface area contributed by atoms with Gasteiger partial charge in [-0.05, 0) is 69.0 Å². The van der Waals surface area contributed by atoms with Crippen molar-refractivity contribution in [1.29, 1.82) is 0 Å². The molecule has 7 nitrogen and oxygen atoms in total. The van der Waals surface area contributed by atoms with Crippen LogP contribution in [-0.2, 0) is 14.8 Å². The largest absolute Gasteiger partial charge is 0.497 e. The number of carbonyl (C=O) groups excluding carboxylic acids is 1. The van der Waals surface area contributed by atoms with Crippen molar-refractivity contribution in [2.75, 3.05) is 12.0 Å². The molecule has 1 aliphatic carbocycles. The van der Waals surface area contributed by atoms with Gasteiger partial charge >= 0.3 is 0 Å². The standard InChI is InChI=1S/C22H25N3O4S/c1-14(23-21-19-6-4-5-7-20(19)30(27,28)24-21)22(26)25(15(2)16-8-9-16)17-10-12-18(29-3)13-11-17/h4-7,10-16H,8-9H2,1-3H3,(H,23,24)/t14-,15?/m0/s1. The summed E-state index contributed by atoms with van der Waals surface area (Å²) in [4.78, 5) is 19.9. The summed E-state index contributed by atoms with van der Waals surface area (Å²) in [6, 6.07) is 13.3. The van der Waals surface area contributed by atoms with E-state index < -0.39 is 16.1 Å². The van der Waals surface area contributed by atoms with E-state index in [2.05, 4.69) is 9.71 Å². The molecule has 8 heteroatoms. The van der Waals surface area contributed by atoms with Gasteiger partial charge in [0.15, 0.2) is 0 Å². The van der Waals surface area contributed by atoms with Crippen molar-refractivity contribution in [1.82, 2.24) is 4.72 Å². The lowest BCUT2D eigenvalue weighted by atomic mass is 10.1. The van der Waals surface area contributed by atoms with E-state index in [1.54, 1.807) is 37.1 Å². The van der Waals surface area contributed by atoms with Crippen LogP contribution in [0.25, 0.3) is 0 Å². The van der Waals surface area contributed by atoms with Crippen LogP contribution in [0.1, 0.15) is 32.3 Å². The van der Waals surface area contributed by atoms with Gasteiger partial charge in [-0.25, -0.2) is 8.42 Å². The fourth-order valence-electron chi connectivity index (χ4n) is 3.78. The van der Waals surface area contributed by atoms with Crippen LogP contribution in [0.3, 0.4) is 0 Å². The van der Waals surface area contributed by atoms with Gasteiger partial charge in [-0.15, -0.1) is 0 Å². The quantitative estimate of drug-likeness (QED) is 0.768. The van der Waals surface area contributed by atoms with Gasteiger partial charge in [-0.3, -0.25) is 14.5 Å². The Morgan fingerprint density at radius 2 is 1.80 bits per heavy atom. The summed E-state index contributed by atoms with van der Waals surface area (Å²) in [7, 11) is -2.04. The van der Waals surface area contributed by atoms with Crippen molar-refractivity contribution in [3.8, 4) is 5.75 Å². The molecule has 4 rings (SSSR count). The van der Waals surface area contributed by atoms with Crippen LogP contribution >= 0.6 is 0 Å². The van der Waals surface area contributed by atoms with Crippen LogP contribution in [0.15, 0.2) is 58.4 Å². The smallest absolute Gasteiger partial charge is 0.263 e. The lowest BCUT2D eigenvalue weighted by Crippen LogP contribution is -2.45. The van der Waals surface area contributed by atoms with Crippen LogP contribution in [-0.4, -0.2) is 39.4 Å². The lowest BCUT2D eigenvalue weighted by molar-refractivity contribution is -0.119. The molecular weight excluding hydrogens is 402 g/mol. The second-order valence-corrected chi connectivity index (χ2v) is 9.39. The molecule has 1 heterocycles. The van der Waals surface area contributed by atoms with Crippen LogP contribution in [0, 0.1) is 5.92 Å². The summed E-state index contributed by atoms with van der Waals surface area (Å²) in [5, 5.41) is 0. The van der Waals surface area contributed by atoms with Gasteiger partial charge in [0.1, 0.15) is 17.6 Å². The summed E-state index contributed by atoms with van der Waals surface area (Å²) >= 11 is 0. The zero-order valence-electron chi connectivity index (χ0n) is 17.2. The number of amides is 1. The Bertz CT molecular complexity index is 1090. The minimum Gasteiger partial charge on any atom is -0.497 e. The number of hydrogen-bond acceptors (Lipinski definition) is 5. The Morgan fingerprint density at radius 1 is 1.13 bits per heavy atom. The third-order valence-corrected chi connectivity index (χ3v) is 7.04. The Hall–Kier alpha value is -2.87. The number of hydrogen-bond donors (Lipinski definition) is 1. The molecule has 0 spiro atoms. The molecule has 1 N–H and O–H groups in total. The molecule has 158 valence electrons. The number of nitrogens with one attached hydrogen (secondary N) is 1. The summed E-state index contributed by atoms with van der Waals surface area (Å²) in [6.07, 6.45) is 2.19. The van der Waals surface area contributed by atoms with Crippen molar-refractivity contribution in [2.24, 2.45) is 10.9 Å². The van der Waals surface area contributed by atoms with Crippen LogP contribution in [0.2, 0.25) is 0 Å². The molecule has 2 aliphatic rings. The van der Waals surface area contributed by atoms with Crippen LogP contribution < -0.4 is 14.4 Å². The minimum atomic E-state index is -3.65. The number of fused-ring (bicyclic) bond motifs is 1. The van der Waals surface area contributed by atoms with Crippen molar-refractivity contribution < 1.29 is 17.9 Å². The zero-order chi connectivity index (χ0) is 21.5. The number of aliphatic imine (C=N–C) groups is 1. The molecule has 1 fully saturated rings. The number of amidine groups is 1. The van der Waals surface area contributed by atoms with Crippen LogP contribution in [0.5, 0.6) is 5.75 Å². The first-order chi connectivity index (χ1) is 14.3. The van der Waals surface area contributed by atoms with E-state index in [0.717, 1.165) is 24.3 Å². The Morgan fingerprint density at radius 3 is 2.43 bits per heavy atom. The van der Waals surface area contributed by atoms with E-state index in [1.165, 1.54) is 6.07 Å². The Labute approximate surface area is 176 Å². The summed E-state index contributed by atoms with van der Waals surface area (Å²) in [5.41, 5.74) is 1.27. The highest BCUT2D eigenvalue weighted by Crippen LogP contribution is 2.37. The van der Waals surface area contributed by atoms with Gasteiger partial charge in [-0.1, -0.05) is 12.1 Å². The predicted molar refractivity (Wildman–Crippen MR) is 115 cm³/mol. The van der Waals surface area contributed by atoms with E-state index in [9.17, 15) is 13.2 Å². The van der Waals surface area contributed by atoms with Gasteiger partial charge in [0.25, 0.3) is 15.9 Å². The molecule has 0 saturated heterocycles. The average Bonchev–Trinajstić information content (AvgIpc) is 3.55. The molecule has 2 atom stereocenters. The molecule has 0 aromatic heterocycles. The van der Waals surface area contributed by atoms with Gasteiger partial charge in [0.05, 0.1) is 12.0 Å². The minimum absolute atomic E-state index is 0.0288. The highest BCUT2D eigenvalue weighted by Gasteiger charge is 2.37. The number of anilines is 1.